The molecule has 0 bridgehead atoms. The van der Waals surface area contributed by atoms with Gasteiger partial charge in [-0.05, 0) is 13.1 Å². The van der Waals surface area contributed by atoms with Crippen molar-refractivity contribution < 1.29 is 13.2 Å². The van der Waals surface area contributed by atoms with Gasteiger partial charge in [-0.1, -0.05) is 18.2 Å². The van der Waals surface area contributed by atoms with Gasteiger partial charge in [0.05, 0.1) is 17.5 Å². The fourth-order valence-corrected chi connectivity index (χ4v) is 1.82. The van der Waals surface area contributed by atoms with Crippen LogP contribution in [0.4, 0.5) is 13.2 Å². The number of rotatable bonds is 3. The van der Waals surface area contributed by atoms with Crippen LogP contribution in [0.5, 0.6) is 0 Å². The molecule has 0 aliphatic heterocycles. The number of nitrogens with one attached hydrogen (secondary N) is 2. The van der Waals surface area contributed by atoms with E-state index < -0.39 is 11.7 Å². The third-order valence-corrected chi connectivity index (χ3v) is 2.59. The van der Waals surface area contributed by atoms with Crippen molar-refractivity contribution in [2.45, 2.75) is 12.7 Å². The monoisotopic (exact) mass is 255 g/mol. The molecular formula is C12H12F3N3. The van der Waals surface area contributed by atoms with Crippen LogP contribution in [-0.2, 0) is 12.7 Å². The molecule has 0 saturated heterocycles. The Bertz CT molecular complexity index is 531. The number of nitrogens with zero attached hydrogens (tertiary/aromatic N) is 1. The number of aromatic amines is 1. The van der Waals surface area contributed by atoms with E-state index in [1.807, 2.05) is 0 Å². The molecule has 96 valence electrons. The van der Waals surface area contributed by atoms with E-state index in [-0.39, 0.29) is 5.56 Å². The van der Waals surface area contributed by atoms with Gasteiger partial charge < -0.3 is 5.32 Å². The Balaban J connectivity index is 2.54. The lowest BCUT2D eigenvalue weighted by Crippen LogP contribution is -2.09. The van der Waals surface area contributed by atoms with Gasteiger partial charge in [0, 0.05) is 17.7 Å². The number of H-pyrrole nitrogens is 1. The zero-order valence-corrected chi connectivity index (χ0v) is 9.67. The summed E-state index contributed by atoms with van der Waals surface area (Å²) in [6.45, 7) is 0.456. The quantitative estimate of drug-likeness (QED) is 0.885. The van der Waals surface area contributed by atoms with E-state index in [1.54, 1.807) is 13.1 Å². The van der Waals surface area contributed by atoms with Gasteiger partial charge in [-0.2, -0.15) is 18.3 Å². The third kappa shape index (κ3) is 2.38. The minimum absolute atomic E-state index is 0.118. The summed E-state index contributed by atoms with van der Waals surface area (Å²) in [6, 6.07) is 5.46. The maximum atomic E-state index is 12.9. The standard InChI is InChI=1S/C12H12F3N3/c1-16-6-8-7-17-18-11(8)9-4-2-3-5-10(9)12(13,14)15/h2-5,7,16H,6H2,1H3,(H,17,18). The van der Waals surface area contributed by atoms with Crippen molar-refractivity contribution in [3.05, 3.63) is 41.6 Å². The van der Waals surface area contributed by atoms with Crippen LogP contribution in [0.3, 0.4) is 0 Å². The van der Waals surface area contributed by atoms with Crippen molar-refractivity contribution in [3.8, 4) is 11.3 Å². The Labute approximate surface area is 102 Å². The van der Waals surface area contributed by atoms with E-state index in [2.05, 4.69) is 15.5 Å². The summed E-state index contributed by atoms with van der Waals surface area (Å²) < 4.78 is 38.7. The lowest BCUT2D eigenvalue weighted by Gasteiger charge is -2.12. The van der Waals surface area contributed by atoms with Crippen LogP contribution < -0.4 is 5.32 Å². The molecule has 0 amide bonds. The Hall–Kier alpha value is -1.82. The first kappa shape index (κ1) is 12.6. The minimum atomic E-state index is -4.38. The highest BCUT2D eigenvalue weighted by Crippen LogP contribution is 2.37. The Morgan fingerprint density at radius 2 is 2.00 bits per heavy atom. The fourth-order valence-electron chi connectivity index (χ4n) is 1.82. The van der Waals surface area contributed by atoms with E-state index in [9.17, 15) is 13.2 Å². The second-order valence-corrected chi connectivity index (χ2v) is 3.84. The zero-order valence-electron chi connectivity index (χ0n) is 9.67. The van der Waals surface area contributed by atoms with Gasteiger partial charge >= 0.3 is 6.18 Å². The van der Waals surface area contributed by atoms with Gasteiger partial charge in [0.25, 0.3) is 0 Å². The van der Waals surface area contributed by atoms with Crippen LogP contribution in [0.1, 0.15) is 11.1 Å². The van der Waals surface area contributed by atoms with Gasteiger partial charge in [-0.3, -0.25) is 5.10 Å². The predicted octanol–water partition coefficient (Wildman–Crippen LogP) is 2.81. The summed E-state index contributed by atoms with van der Waals surface area (Å²) in [5.41, 5.74) is 0.561. The minimum Gasteiger partial charge on any atom is -0.316 e. The molecule has 6 heteroatoms. The van der Waals surface area contributed by atoms with E-state index in [0.29, 0.717) is 17.8 Å². The van der Waals surface area contributed by atoms with Crippen LogP contribution in [0, 0.1) is 0 Å². The number of hydrogen-bond acceptors (Lipinski definition) is 2. The Kier molecular flexibility index (Phi) is 3.38. The average molecular weight is 255 g/mol. The molecule has 0 radical (unpaired) electrons. The zero-order chi connectivity index (χ0) is 13.2. The maximum Gasteiger partial charge on any atom is 0.417 e. The first-order valence-electron chi connectivity index (χ1n) is 5.37. The number of aromatic nitrogens is 2. The molecule has 0 unspecified atom stereocenters. The largest absolute Gasteiger partial charge is 0.417 e. The van der Waals surface area contributed by atoms with Crippen molar-refractivity contribution in [2.75, 3.05) is 7.05 Å². The molecule has 2 aromatic rings. The highest BCUT2D eigenvalue weighted by molar-refractivity contribution is 5.67. The van der Waals surface area contributed by atoms with Crippen molar-refractivity contribution in [3.63, 3.8) is 0 Å². The van der Waals surface area contributed by atoms with Crippen LogP contribution in [0.15, 0.2) is 30.5 Å². The molecule has 0 spiro atoms. The second-order valence-electron chi connectivity index (χ2n) is 3.84. The fraction of sp³-hybridized carbons (Fsp3) is 0.250. The van der Waals surface area contributed by atoms with Crippen molar-refractivity contribution in [2.24, 2.45) is 0 Å². The summed E-state index contributed by atoms with van der Waals surface area (Å²) in [7, 11) is 1.73. The summed E-state index contributed by atoms with van der Waals surface area (Å²) in [6.07, 6.45) is -2.85. The Morgan fingerprint density at radius 3 is 2.67 bits per heavy atom. The van der Waals surface area contributed by atoms with Gasteiger partial charge in [-0.15, -0.1) is 0 Å². The maximum absolute atomic E-state index is 12.9. The van der Waals surface area contributed by atoms with Gasteiger partial charge in [-0.25, -0.2) is 0 Å². The van der Waals surface area contributed by atoms with Crippen molar-refractivity contribution in [1.29, 1.82) is 0 Å². The van der Waals surface area contributed by atoms with E-state index in [1.165, 1.54) is 18.3 Å². The lowest BCUT2D eigenvalue weighted by molar-refractivity contribution is -0.137. The predicted molar refractivity (Wildman–Crippen MR) is 61.8 cm³/mol. The number of alkyl halides is 3. The molecule has 1 heterocycles. The molecule has 0 fully saturated rings. The van der Waals surface area contributed by atoms with Gasteiger partial charge in [0.15, 0.2) is 0 Å². The van der Waals surface area contributed by atoms with Crippen LogP contribution in [-0.4, -0.2) is 17.2 Å². The van der Waals surface area contributed by atoms with Gasteiger partial charge in [0.2, 0.25) is 0 Å². The molecule has 0 atom stereocenters. The summed E-state index contributed by atoms with van der Waals surface area (Å²) in [5, 5.41) is 9.33. The average Bonchev–Trinajstić information content (AvgIpc) is 2.77. The van der Waals surface area contributed by atoms with Crippen LogP contribution in [0.2, 0.25) is 0 Å². The molecule has 2 N–H and O–H groups in total. The number of halogens is 3. The first-order chi connectivity index (χ1) is 8.54. The van der Waals surface area contributed by atoms with Crippen LogP contribution >= 0.6 is 0 Å². The normalized spacial score (nSPS) is 11.8. The molecule has 1 aromatic carbocycles. The SMILES string of the molecule is CNCc1cn[nH]c1-c1ccccc1C(F)(F)F. The third-order valence-electron chi connectivity index (χ3n) is 2.59. The molecule has 18 heavy (non-hydrogen) atoms. The van der Waals surface area contributed by atoms with Gasteiger partial charge in [0.1, 0.15) is 0 Å². The topological polar surface area (TPSA) is 40.7 Å². The van der Waals surface area contributed by atoms with Crippen molar-refractivity contribution >= 4 is 0 Å². The molecule has 0 aliphatic rings. The summed E-state index contributed by atoms with van der Waals surface area (Å²) in [4.78, 5) is 0. The molecule has 1 aromatic heterocycles. The molecular weight excluding hydrogens is 243 g/mol. The molecule has 0 saturated carbocycles. The smallest absolute Gasteiger partial charge is 0.316 e. The summed E-state index contributed by atoms with van der Waals surface area (Å²) >= 11 is 0. The molecule has 0 aliphatic carbocycles. The van der Waals surface area contributed by atoms with E-state index >= 15 is 0 Å². The highest BCUT2D eigenvalue weighted by atomic mass is 19.4. The Morgan fingerprint density at radius 1 is 1.28 bits per heavy atom. The lowest BCUT2D eigenvalue weighted by atomic mass is 10.0. The molecule has 2 rings (SSSR count). The highest BCUT2D eigenvalue weighted by Gasteiger charge is 2.34. The number of benzene rings is 1. The van der Waals surface area contributed by atoms with Crippen LogP contribution in [0.25, 0.3) is 11.3 Å². The van der Waals surface area contributed by atoms with E-state index in [0.717, 1.165) is 6.07 Å². The molecule has 3 nitrogen and oxygen atoms in total. The number of hydrogen-bond donors (Lipinski definition) is 2. The van der Waals surface area contributed by atoms with E-state index in [4.69, 9.17) is 0 Å². The first-order valence-corrected chi connectivity index (χ1v) is 5.37. The summed E-state index contributed by atoms with van der Waals surface area (Å²) in [5.74, 6) is 0. The van der Waals surface area contributed by atoms with Crippen molar-refractivity contribution in [1.82, 2.24) is 15.5 Å². The second kappa shape index (κ2) is 4.81.